The van der Waals surface area contributed by atoms with E-state index in [1.165, 1.54) is 34.8 Å². The smallest absolute Gasteiger partial charge is 0.122 e. The summed E-state index contributed by atoms with van der Waals surface area (Å²) in [5.41, 5.74) is 1.32. The van der Waals surface area contributed by atoms with Crippen LogP contribution in [-0.2, 0) is 11.2 Å². The first-order valence-corrected chi connectivity index (χ1v) is 8.96. The Balaban J connectivity index is 2.14. The number of nitrogens with one attached hydrogen (secondary N) is 1. The SMILES string of the molecule is CCCNC1CCCc2nc(C(CCC)OCC)sc21. The van der Waals surface area contributed by atoms with E-state index in [0.29, 0.717) is 6.04 Å². The monoisotopic (exact) mass is 296 g/mol. The van der Waals surface area contributed by atoms with Gasteiger partial charge in [-0.05, 0) is 45.6 Å². The third-order valence-corrected chi connectivity index (χ3v) is 5.11. The summed E-state index contributed by atoms with van der Waals surface area (Å²) < 4.78 is 5.89. The zero-order valence-corrected chi connectivity index (χ0v) is 13.9. The first-order chi connectivity index (χ1) is 9.80. The van der Waals surface area contributed by atoms with Gasteiger partial charge in [0.15, 0.2) is 0 Å². The number of ether oxygens (including phenoxy) is 1. The zero-order chi connectivity index (χ0) is 14.4. The van der Waals surface area contributed by atoms with E-state index in [9.17, 15) is 0 Å². The second-order valence-corrected chi connectivity index (χ2v) is 6.56. The summed E-state index contributed by atoms with van der Waals surface area (Å²) in [6, 6.07) is 0.522. The van der Waals surface area contributed by atoms with Crippen LogP contribution in [0.1, 0.15) is 80.6 Å². The predicted molar refractivity (Wildman–Crippen MR) is 85.4 cm³/mol. The third kappa shape index (κ3) is 3.80. The number of thiazole rings is 1. The first kappa shape index (κ1) is 15.9. The molecule has 1 aliphatic rings. The largest absolute Gasteiger partial charge is 0.371 e. The molecule has 4 heteroatoms. The second kappa shape index (κ2) is 8.11. The summed E-state index contributed by atoms with van der Waals surface area (Å²) in [6.07, 6.45) is 7.26. The summed E-state index contributed by atoms with van der Waals surface area (Å²) in [5.74, 6) is 0. The summed E-state index contributed by atoms with van der Waals surface area (Å²) in [7, 11) is 0. The molecule has 0 fully saturated rings. The predicted octanol–water partition coefficient (Wildman–Crippen LogP) is 4.40. The van der Waals surface area contributed by atoms with Crippen LogP contribution in [0.2, 0.25) is 0 Å². The standard InChI is InChI=1S/C16H28N2OS/c1-4-8-14(19-6-3)16-18-13-10-7-9-12(15(13)20-16)17-11-5-2/h12,14,17H,4-11H2,1-3H3. The van der Waals surface area contributed by atoms with Crippen molar-refractivity contribution in [2.45, 2.75) is 71.4 Å². The quantitative estimate of drug-likeness (QED) is 0.772. The minimum atomic E-state index is 0.201. The number of rotatable bonds is 8. The number of fused-ring (bicyclic) bond motifs is 1. The number of aromatic nitrogens is 1. The van der Waals surface area contributed by atoms with E-state index >= 15 is 0 Å². The van der Waals surface area contributed by atoms with E-state index < -0.39 is 0 Å². The van der Waals surface area contributed by atoms with E-state index in [-0.39, 0.29) is 6.10 Å². The third-order valence-electron chi connectivity index (χ3n) is 3.80. The lowest BCUT2D eigenvalue weighted by atomic mass is 9.98. The molecule has 0 aliphatic heterocycles. The highest BCUT2D eigenvalue weighted by Crippen LogP contribution is 2.37. The van der Waals surface area contributed by atoms with Gasteiger partial charge in [0.25, 0.3) is 0 Å². The highest BCUT2D eigenvalue weighted by atomic mass is 32.1. The van der Waals surface area contributed by atoms with Crippen molar-refractivity contribution in [2.24, 2.45) is 0 Å². The van der Waals surface area contributed by atoms with Crippen LogP contribution in [0.3, 0.4) is 0 Å². The molecule has 1 aromatic rings. The molecule has 1 N–H and O–H groups in total. The fraction of sp³-hybridized carbons (Fsp3) is 0.812. The van der Waals surface area contributed by atoms with Crippen molar-refractivity contribution < 1.29 is 4.74 Å². The molecule has 2 unspecified atom stereocenters. The molecule has 0 saturated carbocycles. The Morgan fingerprint density at radius 3 is 2.90 bits per heavy atom. The molecule has 0 saturated heterocycles. The van der Waals surface area contributed by atoms with Crippen LogP contribution in [0.25, 0.3) is 0 Å². The van der Waals surface area contributed by atoms with Gasteiger partial charge in [-0.1, -0.05) is 20.3 Å². The molecule has 2 rings (SSSR count). The molecule has 0 spiro atoms. The maximum Gasteiger partial charge on any atom is 0.122 e. The minimum absolute atomic E-state index is 0.201. The molecule has 0 aromatic carbocycles. The van der Waals surface area contributed by atoms with Crippen molar-refractivity contribution in [2.75, 3.05) is 13.2 Å². The van der Waals surface area contributed by atoms with Gasteiger partial charge in [-0.3, -0.25) is 0 Å². The summed E-state index contributed by atoms with van der Waals surface area (Å²) in [5, 5.41) is 4.87. The van der Waals surface area contributed by atoms with E-state index in [2.05, 4.69) is 26.1 Å². The molecule has 1 heterocycles. The number of hydrogen-bond donors (Lipinski definition) is 1. The van der Waals surface area contributed by atoms with Gasteiger partial charge in [0.1, 0.15) is 11.1 Å². The fourth-order valence-electron chi connectivity index (χ4n) is 2.83. The van der Waals surface area contributed by atoms with E-state index in [1.807, 2.05) is 11.3 Å². The van der Waals surface area contributed by atoms with Gasteiger partial charge in [-0.25, -0.2) is 4.98 Å². The lowest BCUT2D eigenvalue weighted by Gasteiger charge is -2.22. The Hall–Kier alpha value is -0.450. The first-order valence-electron chi connectivity index (χ1n) is 8.14. The topological polar surface area (TPSA) is 34.2 Å². The second-order valence-electron chi connectivity index (χ2n) is 5.49. The van der Waals surface area contributed by atoms with Gasteiger partial charge in [0, 0.05) is 17.5 Å². The summed E-state index contributed by atoms with van der Waals surface area (Å²) >= 11 is 1.88. The molecule has 3 nitrogen and oxygen atoms in total. The molecule has 0 radical (unpaired) electrons. The average Bonchev–Trinajstić information content (AvgIpc) is 2.89. The summed E-state index contributed by atoms with van der Waals surface area (Å²) in [4.78, 5) is 6.37. The van der Waals surface area contributed by atoms with Crippen LogP contribution in [0.5, 0.6) is 0 Å². The highest BCUT2D eigenvalue weighted by Gasteiger charge is 2.26. The Morgan fingerprint density at radius 1 is 1.35 bits per heavy atom. The van der Waals surface area contributed by atoms with Crippen molar-refractivity contribution in [1.29, 1.82) is 0 Å². The number of nitrogens with zero attached hydrogens (tertiary/aromatic N) is 1. The van der Waals surface area contributed by atoms with Crippen LogP contribution < -0.4 is 5.32 Å². The molecule has 114 valence electrons. The summed E-state index contributed by atoms with van der Waals surface area (Å²) in [6.45, 7) is 8.38. The highest BCUT2D eigenvalue weighted by molar-refractivity contribution is 7.11. The number of aryl methyl sites for hydroxylation is 1. The molecular formula is C16H28N2OS. The Morgan fingerprint density at radius 2 is 2.20 bits per heavy atom. The van der Waals surface area contributed by atoms with Gasteiger partial charge in [-0.15, -0.1) is 11.3 Å². The Bertz CT molecular complexity index is 399. The van der Waals surface area contributed by atoms with Crippen molar-refractivity contribution in [1.82, 2.24) is 10.3 Å². The lowest BCUT2D eigenvalue weighted by molar-refractivity contribution is 0.0554. The normalized spacial score (nSPS) is 19.9. The van der Waals surface area contributed by atoms with E-state index in [4.69, 9.17) is 9.72 Å². The Labute approximate surface area is 127 Å². The van der Waals surface area contributed by atoms with E-state index in [0.717, 1.165) is 32.4 Å². The molecule has 0 amide bonds. The van der Waals surface area contributed by atoms with Gasteiger partial charge in [-0.2, -0.15) is 0 Å². The van der Waals surface area contributed by atoms with Crippen molar-refractivity contribution >= 4 is 11.3 Å². The van der Waals surface area contributed by atoms with Crippen molar-refractivity contribution in [3.8, 4) is 0 Å². The molecular weight excluding hydrogens is 268 g/mol. The van der Waals surface area contributed by atoms with Crippen LogP contribution in [0, 0.1) is 0 Å². The van der Waals surface area contributed by atoms with Gasteiger partial charge in [0.2, 0.25) is 0 Å². The van der Waals surface area contributed by atoms with Gasteiger partial charge >= 0.3 is 0 Å². The average molecular weight is 296 g/mol. The van der Waals surface area contributed by atoms with Crippen molar-refractivity contribution in [3.05, 3.63) is 15.6 Å². The maximum atomic E-state index is 5.89. The molecule has 1 aliphatic carbocycles. The van der Waals surface area contributed by atoms with Gasteiger partial charge in [0.05, 0.1) is 5.69 Å². The number of hydrogen-bond acceptors (Lipinski definition) is 4. The van der Waals surface area contributed by atoms with Crippen LogP contribution in [0.15, 0.2) is 0 Å². The maximum absolute atomic E-state index is 5.89. The molecule has 0 bridgehead atoms. The molecule has 2 atom stereocenters. The Kier molecular flexibility index (Phi) is 6.46. The van der Waals surface area contributed by atoms with E-state index in [1.54, 1.807) is 0 Å². The molecule has 20 heavy (non-hydrogen) atoms. The van der Waals surface area contributed by atoms with Crippen LogP contribution in [0.4, 0.5) is 0 Å². The minimum Gasteiger partial charge on any atom is -0.371 e. The fourth-order valence-corrected chi connectivity index (χ4v) is 4.14. The zero-order valence-electron chi connectivity index (χ0n) is 13.1. The van der Waals surface area contributed by atoms with Gasteiger partial charge < -0.3 is 10.1 Å². The van der Waals surface area contributed by atoms with Crippen LogP contribution in [-0.4, -0.2) is 18.1 Å². The molecule has 1 aromatic heterocycles. The van der Waals surface area contributed by atoms with Crippen LogP contribution >= 0.6 is 11.3 Å². The van der Waals surface area contributed by atoms with Crippen molar-refractivity contribution in [3.63, 3.8) is 0 Å². The lowest BCUT2D eigenvalue weighted by Crippen LogP contribution is -2.24.